The van der Waals surface area contributed by atoms with Crippen molar-refractivity contribution >= 4 is 35.5 Å². The molecule has 1 saturated heterocycles. The number of esters is 1. The third-order valence-corrected chi connectivity index (χ3v) is 9.26. The average Bonchev–Trinajstić information content (AvgIpc) is 3.71. The Morgan fingerprint density at radius 2 is 1.57 bits per heavy atom. The van der Waals surface area contributed by atoms with Crippen LogP contribution < -0.4 is 21.7 Å². The summed E-state index contributed by atoms with van der Waals surface area (Å²) in [5.41, 5.74) is 5.38. The highest BCUT2D eigenvalue weighted by atomic mass is 16.5. The lowest BCUT2D eigenvalue weighted by Crippen LogP contribution is -2.60. The average molecular weight is 640 g/mol. The first-order valence-corrected chi connectivity index (χ1v) is 16.6. The van der Waals surface area contributed by atoms with Gasteiger partial charge in [0.05, 0.1) is 6.04 Å². The summed E-state index contributed by atoms with van der Waals surface area (Å²) in [6.45, 7) is 5.83. The molecular weight excluding hydrogens is 590 g/mol. The minimum atomic E-state index is -1.10. The van der Waals surface area contributed by atoms with E-state index in [0.29, 0.717) is 25.8 Å². The van der Waals surface area contributed by atoms with Crippen LogP contribution in [0.5, 0.6) is 0 Å². The van der Waals surface area contributed by atoms with Gasteiger partial charge in [-0.05, 0) is 54.9 Å². The van der Waals surface area contributed by atoms with Gasteiger partial charge in [0.2, 0.25) is 17.6 Å². The monoisotopic (exact) mass is 639 g/mol. The van der Waals surface area contributed by atoms with Crippen molar-refractivity contribution in [3.8, 4) is 0 Å². The maximum Gasteiger partial charge on any atom is 0.329 e. The first kappa shape index (κ1) is 34.9. The van der Waals surface area contributed by atoms with Gasteiger partial charge < -0.3 is 31.3 Å². The number of carbonyl (C=O) groups is 6. The number of ketones is 1. The number of ether oxygens (including phenoxy) is 1. The van der Waals surface area contributed by atoms with Gasteiger partial charge in [0.1, 0.15) is 24.7 Å². The zero-order valence-corrected chi connectivity index (χ0v) is 27.2. The van der Waals surface area contributed by atoms with Crippen LogP contribution in [0, 0.1) is 17.3 Å². The van der Waals surface area contributed by atoms with Crippen LogP contribution in [0.4, 0.5) is 4.79 Å². The third-order valence-electron chi connectivity index (χ3n) is 9.26. The number of benzene rings is 1. The molecule has 1 aromatic rings. The van der Waals surface area contributed by atoms with Gasteiger partial charge >= 0.3 is 12.0 Å². The summed E-state index contributed by atoms with van der Waals surface area (Å²) in [6, 6.07) is 4.80. The number of amides is 5. The number of urea groups is 1. The van der Waals surface area contributed by atoms with Crippen molar-refractivity contribution in [1.29, 1.82) is 0 Å². The second kappa shape index (κ2) is 15.6. The molecule has 2 saturated carbocycles. The van der Waals surface area contributed by atoms with Crippen molar-refractivity contribution in [1.82, 2.24) is 20.9 Å². The Kier molecular flexibility index (Phi) is 11.8. The first-order valence-electron chi connectivity index (χ1n) is 16.6. The van der Waals surface area contributed by atoms with Gasteiger partial charge in [-0.2, -0.15) is 0 Å². The molecule has 5 N–H and O–H groups in total. The number of nitrogens with zero attached hydrogens (tertiary/aromatic N) is 1. The predicted octanol–water partition coefficient (Wildman–Crippen LogP) is 2.72. The van der Waals surface area contributed by atoms with Gasteiger partial charge in [-0.15, -0.1) is 0 Å². The van der Waals surface area contributed by atoms with Crippen LogP contribution in [0.25, 0.3) is 0 Å². The lowest BCUT2D eigenvalue weighted by Gasteiger charge is -2.36. The fourth-order valence-corrected chi connectivity index (χ4v) is 6.44. The van der Waals surface area contributed by atoms with Crippen molar-refractivity contribution in [2.45, 2.75) is 116 Å². The van der Waals surface area contributed by atoms with E-state index in [-0.39, 0.29) is 24.3 Å². The molecule has 3 fully saturated rings. The number of nitrogens with one attached hydrogen (secondary N) is 3. The van der Waals surface area contributed by atoms with E-state index in [2.05, 4.69) is 16.0 Å². The molecule has 0 spiro atoms. The molecular formula is C34H49N5O7. The van der Waals surface area contributed by atoms with Crippen molar-refractivity contribution in [3.05, 3.63) is 35.9 Å². The number of likely N-dealkylation sites (tertiary alicyclic amines) is 1. The van der Waals surface area contributed by atoms with Crippen LogP contribution >= 0.6 is 0 Å². The van der Waals surface area contributed by atoms with Gasteiger partial charge in [-0.1, -0.05) is 83.2 Å². The fraction of sp³-hybridized carbons (Fsp3) is 0.647. The molecule has 3 aliphatic rings. The summed E-state index contributed by atoms with van der Waals surface area (Å²) in [4.78, 5) is 79.9. The molecule has 0 radical (unpaired) electrons. The lowest BCUT2D eigenvalue weighted by molar-refractivity contribution is -0.150. The molecule has 12 heteroatoms. The Bertz CT molecular complexity index is 1270. The molecule has 5 amide bonds. The number of carbonyl (C=O) groups excluding carboxylic acids is 6. The zero-order chi connectivity index (χ0) is 33.4. The number of primary amides is 1. The summed E-state index contributed by atoms with van der Waals surface area (Å²) in [5.74, 6) is -3.31. The second-order valence-corrected chi connectivity index (χ2v) is 14.0. The first-order chi connectivity index (χ1) is 21.8. The summed E-state index contributed by atoms with van der Waals surface area (Å²) in [6.07, 6.45) is 7.47. The van der Waals surface area contributed by atoms with E-state index in [0.717, 1.165) is 50.5 Å². The van der Waals surface area contributed by atoms with Crippen LogP contribution in [0.2, 0.25) is 0 Å². The molecule has 1 heterocycles. The standard InChI is InChI=1S/C34H49N5O7/c1-34(2,3)28(32(44)46-20-22-11-6-4-7-12-22)38-33(45)37-26(23-13-8-5-9-14-23)31(43)39-18-10-15-25(39)30(42)36-24(19-21-16-17-21)27(40)29(35)41/h4,6-7,11-12,21,23-26,28H,5,8-10,13-20H2,1-3H3,(H2,35,41)(H,36,42)(H2,37,38,45). The maximum atomic E-state index is 14.2. The minimum Gasteiger partial charge on any atom is -0.459 e. The van der Waals surface area contributed by atoms with Crippen molar-refractivity contribution in [3.63, 3.8) is 0 Å². The Morgan fingerprint density at radius 1 is 0.891 bits per heavy atom. The zero-order valence-electron chi connectivity index (χ0n) is 27.2. The molecule has 4 rings (SSSR count). The molecule has 0 aromatic heterocycles. The van der Waals surface area contributed by atoms with E-state index in [1.165, 1.54) is 4.90 Å². The molecule has 12 nitrogen and oxygen atoms in total. The summed E-state index contributed by atoms with van der Waals surface area (Å²) in [5, 5.41) is 8.33. The SMILES string of the molecule is CC(C)(C)C(NC(=O)NC(C(=O)N1CCCC1C(=O)NC(CC1CC1)C(=O)C(N)=O)C1CCCCC1)C(=O)OCc1ccccc1. The molecule has 46 heavy (non-hydrogen) atoms. The highest BCUT2D eigenvalue weighted by Gasteiger charge is 2.43. The lowest BCUT2D eigenvalue weighted by atomic mass is 9.83. The molecule has 4 atom stereocenters. The van der Waals surface area contributed by atoms with Crippen LogP contribution in [-0.2, 0) is 35.3 Å². The molecule has 252 valence electrons. The van der Waals surface area contributed by atoms with E-state index in [9.17, 15) is 28.8 Å². The van der Waals surface area contributed by atoms with Crippen LogP contribution in [0.3, 0.4) is 0 Å². The van der Waals surface area contributed by atoms with E-state index < -0.39 is 59.2 Å². The van der Waals surface area contributed by atoms with Gasteiger partial charge in [-0.3, -0.25) is 19.2 Å². The fourth-order valence-electron chi connectivity index (χ4n) is 6.44. The van der Waals surface area contributed by atoms with Crippen molar-refractivity contribution in [2.75, 3.05) is 6.54 Å². The minimum absolute atomic E-state index is 0.0592. The Balaban J connectivity index is 1.46. The van der Waals surface area contributed by atoms with Gasteiger partial charge in [-0.25, -0.2) is 9.59 Å². The third kappa shape index (κ3) is 9.53. The largest absolute Gasteiger partial charge is 0.459 e. The van der Waals surface area contributed by atoms with Crippen LogP contribution in [0.1, 0.15) is 90.5 Å². The summed E-state index contributed by atoms with van der Waals surface area (Å²) in [7, 11) is 0. The number of rotatable bonds is 13. The smallest absolute Gasteiger partial charge is 0.329 e. The molecule has 1 aliphatic heterocycles. The molecule has 2 aliphatic carbocycles. The Morgan fingerprint density at radius 3 is 2.17 bits per heavy atom. The number of nitrogens with two attached hydrogens (primary N) is 1. The Labute approximate surface area is 270 Å². The maximum absolute atomic E-state index is 14.2. The number of hydrogen-bond donors (Lipinski definition) is 4. The van der Waals surface area contributed by atoms with Crippen molar-refractivity contribution < 1.29 is 33.5 Å². The van der Waals surface area contributed by atoms with Crippen LogP contribution in [-0.4, -0.2) is 71.1 Å². The second-order valence-electron chi connectivity index (χ2n) is 14.0. The predicted molar refractivity (Wildman–Crippen MR) is 170 cm³/mol. The molecule has 4 unspecified atom stereocenters. The molecule has 0 bridgehead atoms. The van der Waals surface area contributed by atoms with E-state index in [1.54, 1.807) is 0 Å². The summed E-state index contributed by atoms with van der Waals surface area (Å²) < 4.78 is 5.55. The van der Waals surface area contributed by atoms with Gasteiger partial charge in [0.25, 0.3) is 5.91 Å². The van der Waals surface area contributed by atoms with Gasteiger partial charge in [0.15, 0.2) is 0 Å². The van der Waals surface area contributed by atoms with E-state index >= 15 is 0 Å². The normalized spacial score (nSPS) is 20.6. The quantitative estimate of drug-likeness (QED) is 0.189. The van der Waals surface area contributed by atoms with Crippen molar-refractivity contribution in [2.24, 2.45) is 23.0 Å². The topological polar surface area (TPSA) is 177 Å². The van der Waals surface area contributed by atoms with Gasteiger partial charge in [0, 0.05) is 6.54 Å². The highest BCUT2D eigenvalue weighted by molar-refractivity contribution is 6.37. The highest BCUT2D eigenvalue weighted by Crippen LogP contribution is 2.34. The molecule has 1 aromatic carbocycles. The van der Waals surface area contributed by atoms with E-state index in [4.69, 9.17) is 10.5 Å². The number of hydrogen-bond acceptors (Lipinski definition) is 7. The summed E-state index contributed by atoms with van der Waals surface area (Å²) >= 11 is 0. The van der Waals surface area contributed by atoms with Crippen LogP contribution in [0.15, 0.2) is 30.3 Å². The number of Topliss-reactive ketones (excluding diaryl/α,β-unsaturated/α-hetero) is 1. The Hall–Kier alpha value is -3.96. The van der Waals surface area contributed by atoms with E-state index in [1.807, 2.05) is 51.1 Å².